The van der Waals surface area contributed by atoms with E-state index in [-0.39, 0.29) is 11.2 Å². The van der Waals surface area contributed by atoms with Crippen LogP contribution in [0.2, 0.25) is 5.15 Å². The molecule has 0 saturated carbocycles. The van der Waals surface area contributed by atoms with Gasteiger partial charge >= 0.3 is 0 Å². The maximum atomic E-state index is 11.2. The van der Waals surface area contributed by atoms with Crippen molar-refractivity contribution >= 4 is 23.7 Å². The van der Waals surface area contributed by atoms with E-state index in [1.54, 1.807) is 0 Å². The molecule has 0 fully saturated rings. The number of hydrogen-bond donors (Lipinski definition) is 0. The van der Waals surface area contributed by atoms with Crippen molar-refractivity contribution in [3.8, 4) is 0 Å². The first kappa shape index (κ1) is 14.5. The third-order valence-corrected chi connectivity index (χ3v) is 3.32. The summed E-state index contributed by atoms with van der Waals surface area (Å²) in [5.41, 5.74) is 1.48. The smallest absolute Gasteiger partial charge is 0.156 e. The average molecular weight is 290 g/mol. The highest BCUT2D eigenvalue weighted by Crippen LogP contribution is 2.24. The predicted molar refractivity (Wildman–Crippen MR) is 80.2 cm³/mol. The minimum Gasteiger partial charge on any atom is -0.349 e. The summed E-state index contributed by atoms with van der Waals surface area (Å²) in [4.78, 5) is 21.4. The van der Waals surface area contributed by atoms with Crippen molar-refractivity contribution in [3.05, 3.63) is 52.9 Å². The molecule has 1 aromatic heterocycles. The number of hydrogen-bond acceptors (Lipinski definition) is 4. The molecule has 0 bridgehead atoms. The summed E-state index contributed by atoms with van der Waals surface area (Å²) in [5.74, 6) is 0.568. The van der Waals surface area contributed by atoms with Crippen molar-refractivity contribution in [2.75, 3.05) is 4.90 Å². The fraction of sp³-hybridized carbons (Fsp3) is 0.267. The largest absolute Gasteiger partial charge is 0.349 e. The van der Waals surface area contributed by atoms with Crippen molar-refractivity contribution in [2.24, 2.45) is 0 Å². The molecule has 5 heteroatoms. The van der Waals surface area contributed by atoms with Crippen molar-refractivity contribution in [2.45, 2.75) is 26.4 Å². The van der Waals surface area contributed by atoms with Gasteiger partial charge in [-0.05, 0) is 19.4 Å². The molecule has 0 aliphatic rings. The third kappa shape index (κ3) is 3.14. The van der Waals surface area contributed by atoms with Crippen LogP contribution in [-0.4, -0.2) is 22.3 Å². The Morgan fingerprint density at radius 2 is 1.95 bits per heavy atom. The number of halogens is 1. The molecule has 0 aliphatic carbocycles. The lowest BCUT2D eigenvalue weighted by Crippen LogP contribution is -2.32. The molecule has 2 rings (SSSR count). The van der Waals surface area contributed by atoms with Gasteiger partial charge in [0.05, 0.1) is 5.56 Å². The van der Waals surface area contributed by atoms with Gasteiger partial charge in [0.15, 0.2) is 6.29 Å². The second-order valence-electron chi connectivity index (χ2n) is 4.73. The second-order valence-corrected chi connectivity index (χ2v) is 5.08. The molecule has 1 aromatic carbocycles. The van der Waals surface area contributed by atoms with Crippen molar-refractivity contribution in [3.63, 3.8) is 0 Å². The van der Waals surface area contributed by atoms with Gasteiger partial charge in [-0.2, -0.15) is 0 Å². The number of rotatable bonds is 5. The Kier molecular flexibility index (Phi) is 4.69. The maximum absolute atomic E-state index is 11.2. The summed E-state index contributed by atoms with van der Waals surface area (Å²) in [7, 11) is 0. The summed E-state index contributed by atoms with van der Waals surface area (Å²) in [5, 5.41) is 0.184. The molecular weight excluding hydrogens is 274 g/mol. The highest BCUT2D eigenvalue weighted by Gasteiger charge is 2.18. The molecule has 4 nitrogen and oxygen atoms in total. The van der Waals surface area contributed by atoms with E-state index in [1.165, 1.54) is 6.33 Å². The number of aldehydes is 1. The SMILES string of the molecule is CC(C)N(Cc1ccccc1)c1ncnc(Cl)c1C=O. The van der Waals surface area contributed by atoms with Crippen molar-refractivity contribution in [1.29, 1.82) is 0 Å². The van der Waals surface area contributed by atoms with Gasteiger partial charge in [-0.3, -0.25) is 4.79 Å². The van der Waals surface area contributed by atoms with Gasteiger partial charge in [-0.25, -0.2) is 9.97 Å². The van der Waals surface area contributed by atoms with Gasteiger partial charge in [0, 0.05) is 12.6 Å². The second kappa shape index (κ2) is 6.48. The molecule has 104 valence electrons. The predicted octanol–water partition coefficient (Wildman–Crippen LogP) is 3.36. The molecule has 0 radical (unpaired) electrons. The van der Waals surface area contributed by atoms with Gasteiger partial charge in [0.1, 0.15) is 17.3 Å². The van der Waals surface area contributed by atoms with Crippen LogP contribution in [0.3, 0.4) is 0 Å². The maximum Gasteiger partial charge on any atom is 0.156 e. The van der Waals surface area contributed by atoms with Crippen molar-refractivity contribution in [1.82, 2.24) is 9.97 Å². The fourth-order valence-electron chi connectivity index (χ4n) is 1.98. The Hall–Kier alpha value is -1.94. The van der Waals surface area contributed by atoms with Crippen LogP contribution in [0, 0.1) is 0 Å². The Labute approximate surface area is 123 Å². The number of nitrogens with zero attached hydrogens (tertiary/aromatic N) is 3. The molecule has 0 spiro atoms. The van der Waals surface area contributed by atoms with Gasteiger partial charge in [-0.1, -0.05) is 41.9 Å². The van der Waals surface area contributed by atoms with E-state index >= 15 is 0 Å². The third-order valence-electron chi connectivity index (χ3n) is 3.02. The lowest BCUT2D eigenvalue weighted by molar-refractivity contribution is 0.112. The first-order chi connectivity index (χ1) is 9.63. The van der Waals surface area contributed by atoms with E-state index in [9.17, 15) is 4.79 Å². The lowest BCUT2D eigenvalue weighted by atomic mass is 10.1. The topological polar surface area (TPSA) is 46.1 Å². The zero-order valence-electron chi connectivity index (χ0n) is 11.5. The van der Waals surface area contributed by atoms with Crippen LogP contribution in [0.5, 0.6) is 0 Å². The number of aromatic nitrogens is 2. The molecule has 0 saturated heterocycles. The van der Waals surface area contributed by atoms with Crippen LogP contribution in [0.4, 0.5) is 5.82 Å². The molecule has 2 aromatic rings. The first-order valence-corrected chi connectivity index (χ1v) is 6.77. The Balaban J connectivity index is 2.39. The fourth-order valence-corrected chi connectivity index (χ4v) is 2.15. The molecule has 0 amide bonds. The van der Waals surface area contributed by atoms with Gasteiger partial charge in [0.2, 0.25) is 0 Å². The summed E-state index contributed by atoms with van der Waals surface area (Å²) in [6, 6.07) is 10.2. The van der Waals surface area contributed by atoms with E-state index in [1.807, 2.05) is 49.1 Å². The molecule has 0 N–H and O–H groups in total. The number of benzene rings is 1. The normalized spacial score (nSPS) is 10.6. The zero-order valence-corrected chi connectivity index (χ0v) is 12.2. The Morgan fingerprint density at radius 1 is 1.25 bits per heavy atom. The number of carbonyl (C=O) groups is 1. The lowest BCUT2D eigenvalue weighted by Gasteiger charge is -2.29. The Bertz CT molecular complexity index is 587. The summed E-state index contributed by atoms with van der Waals surface area (Å²) < 4.78 is 0. The number of carbonyl (C=O) groups excluding carboxylic acids is 1. The Morgan fingerprint density at radius 3 is 2.55 bits per heavy atom. The molecule has 0 aliphatic heterocycles. The number of anilines is 1. The highest BCUT2D eigenvalue weighted by molar-refractivity contribution is 6.32. The molecule has 1 heterocycles. The van der Waals surface area contributed by atoms with Crippen LogP contribution in [0.1, 0.15) is 29.8 Å². The highest BCUT2D eigenvalue weighted by atomic mass is 35.5. The van der Waals surface area contributed by atoms with Crippen LogP contribution in [0.15, 0.2) is 36.7 Å². The standard InChI is InChI=1S/C15H16ClN3O/c1-11(2)19(8-12-6-4-3-5-7-12)15-13(9-20)14(16)17-10-18-15/h3-7,9-11H,8H2,1-2H3. The van der Waals surface area contributed by atoms with Gasteiger partial charge in [-0.15, -0.1) is 0 Å². The minimum atomic E-state index is 0.180. The van der Waals surface area contributed by atoms with Gasteiger partial charge in [0.25, 0.3) is 0 Å². The zero-order chi connectivity index (χ0) is 14.5. The summed E-state index contributed by atoms with van der Waals surface area (Å²) >= 11 is 5.97. The van der Waals surface area contributed by atoms with Crippen LogP contribution < -0.4 is 4.90 Å². The molecule has 0 unspecified atom stereocenters. The average Bonchev–Trinajstić information content (AvgIpc) is 2.45. The van der Waals surface area contributed by atoms with Crippen LogP contribution in [-0.2, 0) is 6.54 Å². The monoisotopic (exact) mass is 289 g/mol. The molecule has 20 heavy (non-hydrogen) atoms. The van der Waals surface area contributed by atoms with Crippen molar-refractivity contribution < 1.29 is 4.79 Å². The van der Waals surface area contributed by atoms with E-state index in [4.69, 9.17) is 11.6 Å². The van der Waals surface area contributed by atoms with E-state index in [2.05, 4.69) is 9.97 Å². The summed E-state index contributed by atoms with van der Waals surface area (Å²) in [6.07, 6.45) is 2.09. The van der Waals surface area contributed by atoms with Crippen LogP contribution in [0.25, 0.3) is 0 Å². The first-order valence-electron chi connectivity index (χ1n) is 6.39. The molecular formula is C15H16ClN3O. The van der Waals surface area contributed by atoms with E-state index in [0.717, 1.165) is 5.56 Å². The van der Waals surface area contributed by atoms with Crippen LogP contribution >= 0.6 is 11.6 Å². The summed E-state index contributed by atoms with van der Waals surface area (Å²) in [6.45, 7) is 4.76. The van der Waals surface area contributed by atoms with Gasteiger partial charge < -0.3 is 4.90 Å². The quantitative estimate of drug-likeness (QED) is 0.625. The van der Waals surface area contributed by atoms with E-state index < -0.39 is 0 Å². The minimum absolute atomic E-state index is 0.180. The molecule has 0 atom stereocenters. The van der Waals surface area contributed by atoms with E-state index in [0.29, 0.717) is 24.2 Å².